The molecule has 0 amide bonds. The summed E-state index contributed by atoms with van der Waals surface area (Å²) in [5, 5.41) is 14.3. The lowest BCUT2D eigenvalue weighted by molar-refractivity contribution is 0.0697. The Morgan fingerprint density at radius 2 is 2.32 bits per heavy atom. The Morgan fingerprint density at radius 1 is 1.63 bits per heavy atom. The summed E-state index contributed by atoms with van der Waals surface area (Å²) in [4.78, 5) is 17.2. The first-order chi connectivity index (χ1) is 8.97. The first-order valence-electron chi connectivity index (χ1n) is 5.67. The van der Waals surface area contributed by atoms with Gasteiger partial charge in [-0.05, 0) is 6.92 Å². The second kappa shape index (κ2) is 4.61. The van der Waals surface area contributed by atoms with Crippen molar-refractivity contribution in [1.82, 2.24) is 14.8 Å². The van der Waals surface area contributed by atoms with Crippen molar-refractivity contribution in [3.05, 3.63) is 17.5 Å². The first kappa shape index (κ1) is 12.9. The summed E-state index contributed by atoms with van der Waals surface area (Å²) in [5.41, 5.74) is 2.05. The predicted octanol–water partition coefficient (Wildman–Crippen LogP) is 1.04. The van der Waals surface area contributed by atoms with Crippen molar-refractivity contribution in [3.8, 4) is 12.3 Å². The molecule has 0 atom stereocenters. The highest BCUT2D eigenvalue weighted by Crippen LogP contribution is 2.30. The third-order valence-electron chi connectivity index (χ3n) is 2.94. The molecule has 0 spiro atoms. The van der Waals surface area contributed by atoms with E-state index in [1.165, 1.54) is 6.20 Å². The van der Waals surface area contributed by atoms with Crippen molar-refractivity contribution in [3.63, 3.8) is 0 Å². The summed E-state index contributed by atoms with van der Waals surface area (Å²) in [5.74, 6) is 1.48. The molecule has 0 aliphatic carbocycles. The first-order valence-corrected chi connectivity index (χ1v) is 5.67. The number of carboxylic acids is 1. The molecule has 0 fully saturated rings. The number of hydrogen-bond donors (Lipinski definition) is 1. The van der Waals surface area contributed by atoms with Crippen LogP contribution in [-0.4, -0.2) is 39.4 Å². The van der Waals surface area contributed by atoms with E-state index in [0.29, 0.717) is 17.9 Å². The number of aryl methyl sites for hydroxylation is 2. The Kier molecular flexibility index (Phi) is 3.13. The normalized spacial score (nSPS) is 10.4. The quantitative estimate of drug-likeness (QED) is 0.833. The molecule has 0 bridgehead atoms. The van der Waals surface area contributed by atoms with Gasteiger partial charge in [-0.15, -0.1) is 6.42 Å². The topological polar surface area (TPSA) is 71.2 Å². The Labute approximate surface area is 110 Å². The van der Waals surface area contributed by atoms with Crippen LogP contribution in [0.1, 0.15) is 16.1 Å². The Morgan fingerprint density at radius 3 is 2.89 bits per heavy atom. The molecule has 6 nitrogen and oxygen atoms in total. The van der Waals surface area contributed by atoms with Crippen LogP contribution in [-0.2, 0) is 7.05 Å². The van der Waals surface area contributed by atoms with E-state index in [1.807, 2.05) is 6.92 Å². The standard InChI is InChI=1S/C13H14N4O2/c1-5-6-16(3)11-9(13(18)19)7-14-12-10(11)8(2)15-17(12)4/h1,7H,6H2,2-4H3,(H,18,19). The third-order valence-corrected chi connectivity index (χ3v) is 2.94. The minimum absolute atomic E-state index is 0.126. The van der Waals surface area contributed by atoms with Crippen LogP contribution in [0.25, 0.3) is 11.0 Å². The lowest BCUT2D eigenvalue weighted by Crippen LogP contribution is -2.21. The van der Waals surface area contributed by atoms with Crippen LogP contribution in [0.2, 0.25) is 0 Å². The van der Waals surface area contributed by atoms with Crippen molar-refractivity contribution in [2.75, 3.05) is 18.5 Å². The van der Waals surface area contributed by atoms with Gasteiger partial charge in [-0.2, -0.15) is 5.10 Å². The van der Waals surface area contributed by atoms with Gasteiger partial charge in [0.05, 0.1) is 23.3 Å². The number of carbonyl (C=O) groups is 1. The maximum Gasteiger partial charge on any atom is 0.339 e. The average Bonchev–Trinajstić information content (AvgIpc) is 2.64. The van der Waals surface area contributed by atoms with Crippen molar-refractivity contribution in [2.24, 2.45) is 7.05 Å². The third kappa shape index (κ3) is 1.99. The van der Waals surface area contributed by atoms with Crippen molar-refractivity contribution < 1.29 is 9.90 Å². The van der Waals surface area contributed by atoms with E-state index in [4.69, 9.17) is 6.42 Å². The van der Waals surface area contributed by atoms with Crippen LogP contribution >= 0.6 is 0 Å². The largest absolute Gasteiger partial charge is 0.478 e. The molecule has 6 heteroatoms. The fraction of sp³-hybridized carbons (Fsp3) is 0.308. The van der Waals surface area contributed by atoms with Crippen molar-refractivity contribution in [2.45, 2.75) is 6.92 Å². The Balaban J connectivity index is 2.84. The van der Waals surface area contributed by atoms with E-state index >= 15 is 0 Å². The highest BCUT2D eigenvalue weighted by atomic mass is 16.4. The number of aromatic carboxylic acids is 1. The van der Waals surface area contributed by atoms with E-state index in [9.17, 15) is 9.90 Å². The molecule has 2 aromatic heterocycles. The molecule has 2 rings (SSSR count). The van der Waals surface area contributed by atoms with Crippen LogP contribution < -0.4 is 4.90 Å². The molecule has 2 heterocycles. The van der Waals surface area contributed by atoms with Gasteiger partial charge in [0.15, 0.2) is 5.65 Å². The van der Waals surface area contributed by atoms with Crippen molar-refractivity contribution >= 4 is 22.7 Å². The minimum Gasteiger partial charge on any atom is -0.478 e. The maximum absolute atomic E-state index is 11.3. The lowest BCUT2D eigenvalue weighted by atomic mass is 10.1. The predicted molar refractivity (Wildman–Crippen MR) is 72.3 cm³/mol. The van der Waals surface area contributed by atoms with Crippen LogP contribution in [0.5, 0.6) is 0 Å². The summed E-state index contributed by atoms with van der Waals surface area (Å²) < 4.78 is 1.63. The lowest BCUT2D eigenvalue weighted by Gasteiger charge is -2.19. The zero-order valence-electron chi connectivity index (χ0n) is 11.0. The molecule has 19 heavy (non-hydrogen) atoms. The second-order valence-corrected chi connectivity index (χ2v) is 4.29. The highest BCUT2D eigenvalue weighted by molar-refractivity contribution is 6.04. The molecular weight excluding hydrogens is 244 g/mol. The number of carboxylic acid groups (broad SMARTS) is 1. The Bertz CT molecular complexity index is 697. The molecule has 2 aromatic rings. The van der Waals surface area contributed by atoms with Gasteiger partial charge in [0.2, 0.25) is 0 Å². The van der Waals surface area contributed by atoms with E-state index < -0.39 is 5.97 Å². The Hall–Kier alpha value is -2.55. The van der Waals surface area contributed by atoms with Crippen LogP contribution in [0.15, 0.2) is 6.20 Å². The SMILES string of the molecule is C#CCN(C)c1c(C(=O)O)cnc2c1c(C)nn2C. The maximum atomic E-state index is 11.3. The molecule has 0 aliphatic heterocycles. The average molecular weight is 258 g/mol. The smallest absolute Gasteiger partial charge is 0.339 e. The van der Waals surface area contributed by atoms with E-state index in [-0.39, 0.29) is 5.56 Å². The van der Waals surface area contributed by atoms with E-state index in [2.05, 4.69) is 16.0 Å². The summed E-state index contributed by atoms with van der Waals surface area (Å²) >= 11 is 0. The van der Waals surface area contributed by atoms with Gasteiger partial charge in [-0.3, -0.25) is 4.68 Å². The van der Waals surface area contributed by atoms with E-state index in [1.54, 1.807) is 23.7 Å². The molecule has 98 valence electrons. The summed E-state index contributed by atoms with van der Waals surface area (Å²) in [6.07, 6.45) is 6.65. The number of fused-ring (bicyclic) bond motifs is 1. The zero-order valence-corrected chi connectivity index (χ0v) is 11.0. The molecule has 1 N–H and O–H groups in total. The molecule has 0 aliphatic rings. The monoisotopic (exact) mass is 258 g/mol. The highest BCUT2D eigenvalue weighted by Gasteiger charge is 2.21. The van der Waals surface area contributed by atoms with Crippen molar-refractivity contribution in [1.29, 1.82) is 0 Å². The van der Waals surface area contributed by atoms with Crippen LogP contribution in [0.3, 0.4) is 0 Å². The molecule has 0 saturated heterocycles. The number of nitrogens with zero attached hydrogens (tertiary/aromatic N) is 4. The molecule has 0 aromatic carbocycles. The fourth-order valence-corrected chi connectivity index (χ4v) is 2.16. The molecule has 0 unspecified atom stereocenters. The number of anilines is 1. The second-order valence-electron chi connectivity index (χ2n) is 4.29. The van der Waals surface area contributed by atoms with Gasteiger partial charge < -0.3 is 10.0 Å². The fourth-order valence-electron chi connectivity index (χ4n) is 2.16. The van der Waals surface area contributed by atoms with Gasteiger partial charge in [0.1, 0.15) is 5.56 Å². The minimum atomic E-state index is -1.03. The molecular formula is C13H14N4O2. The van der Waals surface area contributed by atoms with Gasteiger partial charge in [0, 0.05) is 20.3 Å². The molecule has 0 saturated carbocycles. The molecule has 0 radical (unpaired) electrons. The summed E-state index contributed by atoms with van der Waals surface area (Å²) in [6.45, 7) is 2.14. The zero-order chi connectivity index (χ0) is 14.2. The van der Waals surface area contributed by atoms with E-state index in [0.717, 1.165) is 11.1 Å². The summed E-state index contributed by atoms with van der Waals surface area (Å²) in [7, 11) is 3.53. The van der Waals surface area contributed by atoms with Gasteiger partial charge in [-0.1, -0.05) is 5.92 Å². The van der Waals surface area contributed by atoms with Gasteiger partial charge in [0.25, 0.3) is 0 Å². The van der Waals surface area contributed by atoms with Crippen LogP contribution in [0, 0.1) is 19.3 Å². The number of rotatable bonds is 3. The number of pyridine rings is 1. The van der Waals surface area contributed by atoms with Crippen LogP contribution in [0.4, 0.5) is 5.69 Å². The summed E-state index contributed by atoms with van der Waals surface area (Å²) in [6, 6.07) is 0. The number of aromatic nitrogens is 3. The van der Waals surface area contributed by atoms with Gasteiger partial charge in [-0.25, -0.2) is 9.78 Å². The van der Waals surface area contributed by atoms with Gasteiger partial charge >= 0.3 is 5.97 Å². The number of hydrogen-bond acceptors (Lipinski definition) is 4. The number of terminal acetylenes is 1.